The van der Waals surface area contributed by atoms with Crippen molar-refractivity contribution >= 4 is 5.96 Å². The molecule has 2 heterocycles. The number of hydrogen-bond donors (Lipinski definition) is 1. The molecule has 2 aromatic rings. The summed E-state index contributed by atoms with van der Waals surface area (Å²) >= 11 is 0. The lowest BCUT2D eigenvalue weighted by Crippen LogP contribution is -2.39. The summed E-state index contributed by atoms with van der Waals surface area (Å²) in [4.78, 5) is 6.81. The Labute approximate surface area is 124 Å². The average molecular weight is 281 g/mol. The maximum Gasteiger partial charge on any atom is 0.191 e. The Morgan fingerprint density at radius 1 is 1.29 bits per heavy atom. The van der Waals surface area contributed by atoms with Crippen LogP contribution in [0.5, 0.6) is 0 Å². The molecule has 4 rings (SSSR count). The van der Waals surface area contributed by atoms with E-state index in [9.17, 15) is 0 Å². The van der Waals surface area contributed by atoms with Crippen molar-refractivity contribution in [3.05, 3.63) is 47.7 Å². The second-order valence-corrected chi connectivity index (χ2v) is 6.15. The predicted octanol–water partition coefficient (Wildman–Crippen LogP) is 2.43. The van der Waals surface area contributed by atoms with E-state index in [1.54, 1.807) is 6.26 Å². The van der Waals surface area contributed by atoms with E-state index in [1.807, 2.05) is 19.2 Å². The number of fused-ring (bicyclic) bond motifs is 1. The summed E-state index contributed by atoms with van der Waals surface area (Å²) < 4.78 is 5.58. The summed E-state index contributed by atoms with van der Waals surface area (Å²) in [5, 5.41) is 0. The summed E-state index contributed by atoms with van der Waals surface area (Å²) in [7, 11) is 2.02. The lowest BCUT2D eigenvalue weighted by molar-refractivity contribution is 0.335. The van der Waals surface area contributed by atoms with Crippen molar-refractivity contribution in [1.82, 2.24) is 4.90 Å². The van der Waals surface area contributed by atoms with Crippen LogP contribution < -0.4 is 5.73 Å². The molecule has 0 amide bonds. The first-order valence-corrected chi connectivity index (χ1v) is 7.38. The van der Waals surface area contributed by atoms with Gasteiger partial charge in [-0.25, -0.2) is 4.99 Å². The van der Waals surface area contributed by atoms with Gasteiger partial charge in [0.05, 0.1) is 11.8 Å². The molecule has 1 aliphatic carbocycles. The van der Waals surface area contributed by atoms with Crippen LogP contribution in [0.15, 0.2) is 46.0 Å². The fraction of sp³-hybridized carbons (Fsp3) is 0.353. The Morgan fingerprint density at radius 2 is 2.19 bits per heavy atom. The van der Waals surface area contributed by atoms with Gasteiger partial charge < -0.3 is 15.1 Å². The minimum Gasteiger partial charge on any atom is -0.464 e. The molecule has 1 aromatic carbocycles. The van der Waals surface area contributed by atoms with Crippen LogP contribution >= 0.6 is 0 Å². The quantitative estimate of drug-likeness (QED) is 0.873. The number of likely N-dealkylation sites (N-methyl/N-ethyl adjacent to an activating group) is 1. The van der Waals surface area contributed by atoms with Gasteiger partial charge in [0.1, 0.15) is 5.76 Å². The average Bonchev–Trinajstić information content (AvgIpc) is 3.08. The smallest absolute Gasteiger partial charge is 0.191 e. The van der Waals surface area contributed by atoms with Crippen LogP contribution in [0.3, 0.4) is 0 Å². The fourth-order valence-electron chi connectivity index (χ4n) is 3.68. The van der Waals surface area contributed by atoms with Crippen molar-refractivity contribution in [2.45, 2.75) is 24.8 Å². The monoisotopic (exact) mass is 281 g/mol. The molecule has 21 heavy (non-hydrogen) atoms. The third kappa shape index (κ3) is 1.94. The molecule has 0 bridgehead atoms. The zero-order valence-corrected chi connectivity index (χ0v) is 12.2. The van der Waals surface area contributed by atoms with E-state index < -0.39 is 0 Å². The lowest BCUT2D eigenvalue weighted by atomic mass is 9.77. The van der Waals surface area contributed by atoms with Gasteiger partial charge >= 0.3 is 0 Å². The first-order valence-electron chi connectivity index (χ1n) is 7.38. The number of nitrogens with zero attached hydrogens (tertiary/aromatic N) is 2. The molecule has 2 aliphatic rings. The van der Waals surface area contributed by atoms with Gasteiger partial charge in [-0.05, 0) is 42.5 Å². The maximum atomic E-state index is 5.97. The number of hydrogen-bond acceptors (Lipinski definition) is 4. The highest BCUT2D eigenvalue weighted by Crippen LogP contribution is 2.39. The zero-order valence-electron chi connectivity index (χ0n) is 12.2. The van der Waals surface area contributed by atoms with Crippen LogP contribution in [-0.2, 0) is 12.8 Å². The lowest BCUT2D eigenvalue weighted by Gasteiger charge is -2.33. The number of rotatable bonds is 1. The third-order valence-corrected chi connectivity index (χ3v) is 4.69. The molecular weight excluding hydrogens is 262 g/mol. The molecule has 4 heteroatoms. The molecule has 0 radical (unpaired) electrons. The molecular formula is C17H19N3O. The van der Waals surface area contributed by atoms with Crippen molar-refractivity contribution in [1.29, 1.82) is 0 Å². The normalized spacial score (nSPS) is 24.2. The highest BCUT2D eigenvalue weighted by atomic mass is 16.3. The van der Waals surface area contributed by atoms with E-state index in [0.29, 0.717) is 5.96 Å². The number of guanidine groups is 1. The van der Waals surface area contributed by atoms with Crippen LogP contribution in [0.4, 0.5) is 0 Å². The number of benzene rings is 1. The van der Waals surface area contributed by atoms with Gasteiger partial charge in [0.2, 0.25) is 0 Å². The van der Waals surface area contributed by atoms with Gasteiger partial charge in [-0.2, -0.15) is 0 Å². The Bertz CT molecular complexity index is 705. The molecule has 1 aliphatic heterocycles. The summed E-state index contributed by atoms with van der Waals surface area (Å²) in [5.74, 6) is 1.62. The van der Waals surface area contributed by atoms with E-state index in [4.69, 9.17) is 15.1 Å². The molecule has 0 saturated heterocycles. The van der Waals surface area contributed by atoms with E-state index in [2.05, 4.69) is 23.1 Å². The van der Waals surface area contributed by atoms with E-state index >= 15 is 0 Å². The van der Waals surface area contributed by atoms with Gasteiger partial charge in [0, 0.05) is 19.2 Å². The van der Waals surface area contributed by atoms with Gasteiger partial charge in [-0.1, -0.05) is 18.2 Å². The van der Waals surface area contributed by atoms with Crippen molar-refractivity contribution < 1.29 is 4.42 Å². The van der Waals surface area contributed by atoms with Gasteiger partial charge in [-0.15, -0.1) is 0 Å². The van der Waals surface area contributed by atoms with Crippen LogP contribution in [0.25, 0.3) is 11.3 Å². The highest BCUT2D eigenvalue weighted by Gasteiger charge is 2.40. The topological polar surface area (TPSA) is 54.8 Å². The van der Waals surface area contributed by atoms with Crippen molar-refractivity contribution in [3.8, 4) is 11.3 Å². The van der Waals surface area contributed by atoms with Crippen molar-refractivity contribution in [2.24, 2.45) is 10.7 Å². The van der Waals surface area contributed by atoms with E-state index in [0.717, 1.165) is 31.6 Å². The number of furan rings is 1. The Kier molecular flexibility index (Phi) is 2.61. The van der Waals surface area contributed by atoms with E-state index in [-0.39, 0.29) is 5.54 Å². The van der Waals surface area contributed by atoms with Crippen molar-refractivity contribution in [3.63, 3.8) is 0 Å². The molecule has 1 aromatic heterocycles. The third-order valence-electron chi connectivity index (χ3n) is 4.69. The first-order chi connectivity index (χ1) is 10.2. The second kappa shape index (κ2) is 4.38. The fourth-order valence-corrected chi connectivity index (χ4v) is 3.68. The van der Waals surface area contributed by atoms with Gasteiger partial charge in [0.25, 0.3) is 0 Å². The molecule has 1 spiro atoms. The SMILES string of the molecule is CN1C[C@@]2(CCc3c(cccc3-c3ccco3)C2)N=C1N. The predicted molar refractivity (Wildman–Crippen MR) is 83.2 cm³/mol. The Morgan fingerprint density at radius 3 is 2.90 bits per heavy atom. The largest absolute Gasteiger partial charge is 0.464 e. The van der Waals surface area contributed by atoms with Crippen LogP contribution in [0.1, 0.15) is 17.5 Å². The van der Waals surface area contributed by atoms with Crippen molar-refractivity contribution in [2.75, 3.05) is 13.6 Å². The minimum absolute atomic E-state index is 0.0341. The summed E-state index contributed by atoms with van der Waals surface area (Å²) in [6.07, 6.45) is 4.76. The van der Waals surface area contributed by atoms with Gasteiger partial charge in [-0.3, -0.25) is 0 Å². The Hall–Kier alpha value is -2.23. The summed E-state index contributed by atoms with van der Waals surface area (Å²) in [6, 6.07) is 10.4. The standard InChI is InChI=1S/C17H19N3O/c1-20-11-17(19-16(20)18)8-7-13-12(10-17)4-2-5-14(13)15-6-3-9-21-15/h2-6,9H,7-8,10-11H2,1H3,(H2,18,19)/t17-/m0/s1. The van der Waals surface area contributed by atoms with Crippen LogP contribution in [0, 0.1) is 0 Å². The minimum atomic E-state index is -0.0341. The van der Waals surface area contributed by atoms with Crippen LogP contribution in [-0.4, -0.2) is 30.0 Å². The zero-order chi connectivity index (χ0) is 14.4. The molecule has 108 valence electrons. The highest BCUT2D eigenvalue weighted by molar-refractivity contribution is 5.80. The molecule has 0 fully saturated rings. The van der Waals surface area contributed by atoms with Crippen LogP contribution in [0.2, 0.25) is 0 Å². The summed E-state index contributed by atoms with van der Waals surface area (Å²) in [6.45, 7) is 0.920. The molecule has 0 saturated carbocycles. The molecule has 1 atom stereocenters. The number of nitrogens with two attached hydrogens (primary N) is 1. The first kappa shape index (κ1) is 12.5. The van der Waals surface area contributed by atoms with E-state index in [1.165, 1.54) is 16.7 Å². The maximum absolute atomic E-state index is 5.97. The second-order valence-electron chi connectivity index (χ2n) is 6.15. The van der Waals surface area contributed by atoms with Gasteiger partial charge in [0.15, 0.2) is 5.96 Å². The Balaban J connectivity index is 1.74. The molecule has 4 nitrogen and oxygen atoms in total. The molecule has 2 N–H and O–H groups in total. The summed E-state index contributed by atoms with van der Waals surface area (Å²) in [5.41, 5.74) is 9.94. The molecule has 0 unspecified atom stereocenters. The number of aliphatic imine (C=N–C) groups is 1.